The second-order valence-electron chi connectivity index (χ2n) is 10.6. The number of allylic oxidation sites excluding steroid dienone is 1. The average molecular weight is 592 g/mol. The van der Waals surface area contributed by atoms with Crippen LogP contribution >= 0.6 is 15.9 Å². The van der Waals surface area contributed by atoms with E-state index in [9.17, 15) is 0 Å². The summed E-state index contributed by atoms with van der Waals surface area (Å²) >= 11 is 3.73. The topological polar surface area (TPSA) is 46.2 Å². The Hall–Kier alpha value is -2.80. The summed E-state index contributed by atoms with van der Waals surface area (Å²) in [5.74, 6) is 2.43. The third-order valence-corrected chi connectivity index (χ3v) is 8.10. The van der Waals surface area contributed by atoms with Gasteiger partial charge in [0.05, 0.1) is 13.2 Å². The minimum Gasteiger partial charge on any atom is -0.480 e. The molecule has 6 heteroatoms. The predicted molar refractivity (Wildman–Crippen MR) is 156 cm³/mol. The van der Waals surface area contributed by atoms with E-state index in [1.165, 1.54) is 5.56 Å². The summed E-state index contributed by atoms with van der Waals surface area (Å²) in [7, 11) is 0. The lowest BCUT2D eigenvalue weighted by molar-refractivity contribution is -0.106. The maximum atomic E-state index is 6.74. The van der Waals surface area contributed by atoms with Crippen molar-refractivity contribution in [1.82, 2.24) is 0 Å². The van der Waals surface area contributed by atoms with Crippen LogP contribution in [0, 0.1) is 6.92 Å². The van der Waals surface area contributed by atoms with E-state index >= 15 is 0 Å². The van der Waals surface area contributed by atoms with Gasteiger partial charge < -0.3 is 23.7 Å². The van der Waals surface area contributed by atoms with Crippen LogP contribution in [0.4, 0.5) is 0 Å². The maximum Gasteiger partial charge on any atom is 0.199 e. The largest absolute Gasteiger partial charge is 0.480 e. The fraction of sp³-hybridized carbons (Fsp3) is 0.394. The Labute approximate surface area is 239 Å². The van der Waals surface area contributed by atoms with Crippen molar-refractivity contribution in [2.24, 2.45) is 0 Å². The molecule has 3 heterocycles. The van der Waals surface area contributed by atoms with Crippen molar-refractivity contribution in [1.29, 1.82) is 0 Å². The zero-order valence-corrected chi connectivity index (χ0v) is 24.2. The average Bonchev–Trinajstić information content (AvgIpc) is 2.94. The van der Waals surface area contributed by atoms with Crippen molar-refractivity contribution >= 4 is 27.1 Å². The fourth-order valence-corrected chi connectivity index (χ4v) is 6.02. The lowest BCUT2D eigenvalue weighted by atomic mass is 9.86. The quantitative estimate of drug-likeness (QED) is 0.287. The molecule has 0 N–H and O–H groups in total. The molecule has 3 aromatic rings. The Bertz CT molecular complexity index is 1340. The van der Waals surface area contributed by atoms with Gasteiger partial charge in [-0.25, -0.2) is 0 Å². The van der Waals surface area contributed by atoms with Crippen molar-refractivity contribution in [3.63, 3.8) is 0 Å². The number of rotatable bonds is 6. The lowest BCUT2D eigenvalue weighted by Gasteiger charge is -2.32. The van der Waals surface area contributed by atoms with Crippen LogP contribution in [0.2, 0.25) is 0 Å². The van der Waals surface area contributed by atoms with Crippen LogP contribution in [-0.2, 0) is 9.47 Å². The third kappa shape index (κ3) is 6.03. The molecule has 3 aliphatic heterocycles. The summed E-state index contributed by atoms with van der Waals surface area (Å²) in [6.45, 7) is 5.77. The summed E-state index contributed by atoms with van der Waals surface area (Å²) in [5.41, 5.74) is 6.65. The van der Waals surface area contributed by atoms with E-state index in [0.29, 0.717) is 0 Å². The third-order valence-electron chi connectivity index (χ3n) is 7.64. The summed E-state index contributed by atoms with van der Waals surface area (Å²) in [6, 6.07) is 20.9. The molecule has 5 nitrogen and oxygen atoms in total. The highest BCUT2D eigenvalue weighted by Gasteiger charge is 2.31. The molecular weight excluding hydrogens is 556 g/mol. The van der Waals surface area contributed by atoms with Crippen molar-refractivity contribution in [3.8, 4) is 17.2 Å². The maximum absolute atomic E-state index is 6.74. The molecule has 0 aliphatic carbocycles. The smallest absolute Gasteiger partial charge is 0.199 e. The summed E-state index contributed by atoms with van der Waals surface area (Å²) < 4.78 is 31.9. The molecule has 3 aliphatic rings. The Balaban J connectivity index is 1.40. The van der Waals surface area contributed by atoms with Crippen molar-refractivity contribution < 1.29 is 23.7 Å². The number of fused-ring (bicyclic) bond motifs is 1. The molecule has 0 saturated carbocycles. The summed E-state index contributed by atoms with van der Waals surface area (Å²) in [5, 5.41) is 0. The Morgan fingerprint density at radius 3 is 2.10 bits per heavy atom. The zero-order valence-electron chi connectivity index (χ0n) is 22.6. The van der Waals surface area contributed by atoms with Gasteiger partial charge in [0.15, 0.2) is 12.6 Å². The van der Waals surface area contributed by atoms with Crippen LogP contribution in [-0.4, -0.2) is 25.8 Å². The van der Waals surface area contributed by atoms with Crippen LogP contribution < -0.4 is 14.2 Å². The van der Waals surface area contributed by atoms with E-state index in [0.717, 1.165) is 101 Å². The van der Waals surface area contributed by atoms with Gasteiger partial charge in [-0.05, 0) is 92.6 Å². The first-order chi connectivity index (χ1) is 19.0. The highest BCUT2D eigenvalue weighted by molar-refractivity contribution is 9.10. The van der Waals surface area contributed by atoms with E-state index < -0.39 is 0 Å². The van der Waals surface area contributed by atoms with Gasteiger partial charge in [-0.15, -0.1) is 0 Å². The Kier molecular flexibility index (Phi) is 7.96. The van der Waals surface area contributed by atoms with Gasteiger partial charge in [0.25, 0.3) is 0 Å². The van der Waals surface area contributed by atoms with Gasteiger partial charge in [-0.2, -0.15) is 0 Å². The number of ether oxygens (including phenoxy) is 5. The predicted octanol–water partition coefficient (Wildman–Crippen LogP) is 8.63. The standard InChI is InChI=1S/C33H35BrO5/c1-21-9-11-23(12-10-21)33-32(24-17-25(34)19-27(18-24)38-31-8-4-6-16-36-31)22(2)28-20-26(13-14-29(28)39-33)37-30-7-3-5-15-35-30/h9-14,17-20,30-31,33H,3-8,15-16H2,1-2H3. The molecule has 0 spiro atoms. The Morgan fingerprint density at radius 1 is 0.744 bits per heavy atom. The monoisotopic (exact) mass is 590 g/mol. The molecule has 2 saturated heterocycles. The molecule has 0 aromatic heterocycles. The number of benzene rings is 3. The van der Waals surface area contributed by atoms with Crippen molar-refractivity contribution in [2.45, 2.75) is 71.1 Å². The van der Waals surface area contributed by atoms with Gasteiger partial charge in [0, 0.05) is 28.5 Å². The molecular formula is C33H35BrO5. The van der Waals surface area contributed by atoms with Crippen LogP contribution in [0.5, 0.6) is 17.2 Å². The zero-order chi connectivity index (χ0) is 26.8. The second kappa shape index (κ2) is 11.7. The van der Waals surface area contributed by atoms with Crippen molar-refractivity contribution in [2.75, 3.05) is 13.2 Å². The highest BCUT2D eigenvalue weighted by Crippen LogP contribution is 2.48. The van der Waals surface area contributed by atoms with E-state index in [2.05, 4.69) is 72.2 Å². The Morgan fingerprint density at radius 2 is 1.44 bits per heavy atom. The summed E-state index contributed by atoms with van der Waals surface area (Å²) in [6.07, 6.45) is 5.56. The molecule has 3 aromatic carbocycles. The minimum atomic E-state index is -0.264. The normalized spacial score (nSPS) is 23.1. The SMILES string of the molecule is CC1=C(c2cc(Br)cc(OC3CCCCO3)c2)C(c2ccc(C)cc2)Oc2ccc(OC3CCCCO3)cc21. The number of hydrogen-bond acceptors (Lipinski definition) is 5. The molecule has 0 bridgehead atoms. The molecule has 39 heavy (non-hydrogen) atoms. The molecule has 0 amide bonds. The highest BCUT2D eigenvalue weighted by atomic mass is 79.9. The second-order valence-corrected chi connectivity index (χ2v) is 11.5. The molecule has 0 radical (unpaired) electrons. The van der Waals surface area contributed by atoms with E-state index in [1.54, 1.807) is 0 Å². The van der Waals surface area contributed by atoms with Crippen LogP contribution in [0.15, 0.2) is 65.1 Å². The van der Waals surface area contributed by atoms with Crippen LogP contribution in [0.25, 0.3) is 11.1 Å². The van der Waals surface area contributed by atoms with Crippen LogP contribution in [0.1, 0.15) is 73.8 Å². The molecule has 3 atom stereocenters. The molecule has 2 fully saturated rings. The summed E-state index contributed by atoms with van der Waals surface area (Å²) in [4.78, 5) is 0. The van der Waals surface area contributed by atoms with E-state index in [1.807, 2.05) is 18.2 Å². The van der Waals surface area contributed by atoms with E-state index in [-0.39, 0.29) is 18.7 Å². The van der Waals surface area contributed by atoms with Gasteiger partial charge in [0.1, 0.15) is 23.4 Å². The fourth-order valence-electron chi connectivity index (χ4n) is 5.55. The van der Waals surface area contributed by atoms with Crippen LogP contribution in [0.3, 0.4) is 0 Å². The number of aryl methyl sites for hydroxylation is 1. The van der Waals surface area contributed by atoms with Crippen molar-refractivity contribution in [3.05, 3.63) is 87.4 Å². The first-order valence-electron chi connectivity index (χ1n) is 14.0. The first kappa shape index (κ1) is 26.4. The van der Waals surface area contributed by atoms with Gasteiger partial charge in [-0.1, -0.05) is 45.8 Å². The first-order valence-corrected chi connectivity index (χ1v) is 14.8. The number of hydrogen-bond donors (Lipinski definition) is 0. The molecule has 6 rings (SSSR count). The van der Waals surface area contributed by atoms with Gasteiger partial charge >= 0.3 is 0 Å². The minimum absolute atomic E-state index is 0.197. The molecule has 204 valence electrons. The van der Waals surface area contributed by atoms with Gasteiger partial charge in [0.2, 0.25) is 0 Å². The number of halogens is 1. The lowest BCUT2D eigenvalue weighted by Crippen LogP contribution is -2.25. The van der Waals surface area contributed by atoms with Gasteiger partial charge in [-0.3, -0.25) is 0 Å². The molecule has 3 unspecified atom stereocenters. The van der Waals surface area contributed by atoms with E-state index in [4.69, 9.17) is 23.7 Å².